The minimum atomic E-state index is -0.364. The van der Waals surface area contributed by atoms with E-state index >= 15 is 0 Å². The fourth-order valence-electron chi connectivity index (χ4n) is 3.03. The van der Waals surface area contributed by atoms with Gasteiger partial charge < -0.3 is 24.8 Å². The predicted octanol–water partition coefficient (Wildman–Crippen LogP) is 2.86. The zero-order valence-electron chi connectivity index (χ0n) is 16.0. The van der Waals surface area contributed by atoms with Crippen LogP contribution in [-0.2, 0) is 4.74 Å². The Bertz CT molecular complexity index is 824. The van der Waals surface area contributed by atoms with E-state index < -0.39 is 0 Å². The second-order valence-electron chi connectivity index (χ2n) is 6.45. The van der Waals surface area contributed by atoms with Crippen molar-refractivity contribution in [1.29, 1.82) is 0 Å². The number of nitrogens with one attached hydrogen (secondary N) is 2. The largest absolute Gasteiger partial charge is 0.497 e. The third-order valence-electron chi connectivity index (χ3n) is 4.55. The average Bonchev–Trinajstić information content (AvgIpc) is 3.25. The molecule has 0 aliphatic carbocycles. The molecule has 1 aliphatic rings. The van der Waals surface area contributed by atoms with Crippen molar-refractivity contribution >= 4 is 17.5 Å². The highest BCUT2D eigenvalue weighted by Gasteiger charge is 2.19. The molecule has 1 saturated heterocycles. The van der Waals surface area contributed by atoms with Gasteiger partial charge in [0.25, 0.3) is 11.8 Å². The van der Waals surface area contributed by atoms with E-state index in [0.717, 1.165) is 19.4 Å². The lowest BCUT2D eigenvalue weighted by molar-refractivity contribution is 0.0858. The highest BCUT2D eigenvalue weighted by atomic mass is 16.5. The van der Waals surface area contributed by atoms with E-state index in [1.54, 1.807) is 42.5 Å². The second kappa shape index (κ2) is 9.23. The molecule has 0 saturated carbocycles. The zero-order chi connectivity index (χ0) is 19.9. The van der Waals surface area contributed by atoms with Crippen LogP contribution in [0, 0.1) is 0 Å². The van der Waals surface area contributed by atoms with Gasteiger partial charge in [0, 0.05) is 24.8 Å². The maximum absolute atomic E-state index is 12.7. The standard InChI is InChI=1S/C21H24N2O5/c1-26-16-10-14(11-17(12-16)27-2)20(24)23-19-8-4-3-7-18(19)21(25)22-13-15-6-5-9-28-15/h3-4,7-8,10-12,15H,5-6,9,13H2,1-2H3,(H,22,25)(H,23,24). The van der Waals surface area contributed by atoms with Gasteiger partial charge in [0.1, 0.15) is 11.5 Å². The number of benzene rings is 2. The van der Waals surface area contributed by atoms with Gasteiger partial charge in [-0.3, -0.25) is 9.59 Å². The molecule has 2 N–H and O–H groups in total. The molecule has 1 atom stereocenters. The number of amides is 2. The lowest BCUT2D eigenvalue weighted by Crippen LogP contribution is -2.32. The van der Waals surface area contributed by atoms with Crippen LogP contribution in [0.15, 0.2) is 42.5 Å². The minimum Gasteiger partial charge on any atom is -0.497 e. The van der Waals surface area contributed by atoms with Crippen LogP contribution < -0.4 is 20.1 Å². The Labute approximate surface area is 164 Å². The first-order valence-corrected chi connectivity index (χ1v) is 9.14. The predicted molar refractivity (Wildman–Crippen MR) is 105 cm³/mol. The Balaban J connectivity index is 1.73. The minimum absolute atomic E-state index is 0.0509. The van der Waals surface area contributed by atoms with Gasteiger partial charge in [-0.1, -0.05) is 12.1 Å². The van der Waals surface area contributed by atoms with Gasteiger partial charge in [0.2, 0.25) is 0 Å². The molecule has 7 nitrogen and oxygen atoms in total. The van der Waals surface area contributed by atoms with Crippen molar-refractivity contribution in [3.63, 3.8) is 0 Å². The Morgan fingerprint density at radius 2 is 1.79 bits per heavy atom. The van der Waals surface area contributed by atoms with Crippen molar-refractivity contribution in [3.05, 3.63) is 53.6 Å². The summed E-state index contributed by atoms with van der Waals surface area (Å²) in [6.45, 7) is 1.19. The normalized spacial score (nSPS) is 15.7. The molecule has 28 heavy (non-hydrogen) atoms. The van der Waals surface area contributed by atoms with Crippen LogP contribution in [0.5, 0.6) is 11.5 Å². The molecule has 2 aromatic carbocycles. The first-order valence-electron chi connectivity index (χ1n) is 9.14. The highest BCUT2D eigenvalue weighted by molar-refractivity contribution is 6.09. The number of hydrogen-bond donors (Lipinski definition) is 2. The van der Waals surface area contributed by atoms with Gasteiger partial charge >= 0.3 is 0 Å². The van der Waals surface area contributed by atoms with Crippen LogP contribution in [0.3, 0.4) is 0 Å². The van der Waals surface area contributed by atoms with Crippen LogP contribution in [0.4, 0.5) is 5.69 Å². The highest BCUT2D eigenvalue weighted by Crippen LogP contribution is 2.24. The molecule has 0 aromatic heterocycles. The number of para-hydroxylation sites is 1. The van der Waals surface area contributed by atoms with E-state index in [-0.39, 0.29) is 17.9 Å². The Kier molecular flexibility index (Phi) is 6.49. The van der Waals surface area contributed by atoms with Crippen LogP contribution in [0.2, 0.25) is 0 Å². The fourth-order valence-corrected chi connectivity index (χ4v) is 3.03. The van der Waals surface area contributed by atoms with Gasteiger partial charge in [0.05, 0.1) is 31.6 Å². The third kappa shape index (κ3) is 4.80. The topological polar surface area (TPSA) is 85.9 Å². The van der Waals surface area contributed by atoms with Crippen molar-refractivity contribution in [2.75, 3.05) is 32.7 Å². The summed E-state index contributed by atoms with van der Waals surface area (Å²) in [6.07, 6.45) is 2.00. The fraction of sp³-hybridized carbons (Fsp3) is 0.333. The molecule has 7 heteroatoms. The summed E-state index contributed by atoms with van der Waals surface area (Å²) < 4.78 is 15.9. The number of carbonyl (C=O) groups excluding carboxylic acids is 2. The van der Waals surface area contributed by atoms with Crippen molar-refractivity contribution in [3.8, 4) is 11.5 Å². The number of anilines is 1. The monoisotopic (exact) mass is 384 g/mol. The maximum atomic E-state index is 12.7. The molecular formula is C21H24N2O5. The number of carbonyl (C=O) groups is 2. The first-order chi connectivity index (χ1) is 13.6. The SMILES string of the molecule is COc1cc(OC)cc(C(=O)Nc2ccccc2C(=O)NCC2CCCO2)c1. The summed E-state index contributed by atoms with van der Waals surface area (Å²) >= 11 is 0. The summed E-state index contributed by atoms with van der Waals surface area (Å²) in [5.41, 5.74) is 1.19. The quantitative estimate of drug-likeness (QED) is 0.767. The van der Waals surface area contributed by atoms with Gasteiger partial charge in [-0.05, 0) is 37.1 Å². The number of ether oxygens (including phenoxy) is 3. The number of methoxy groups -OCH3 is 2. The first kappa shape index (κ1) is 19.7. The van der Waals surface area contributed by atoms with Crippen LogP contribution in [0.25, 0.3) is 0 Å². The summed E-state index contributed by atoms with van der Waals surface area (Å²) in [5, 5.41) is 5.67. The average molecular weight is 384 g/mol. The molecule has 148 valence electrons. The van der Waals surface area contributed by atoms with Crippen molar-refractivity contribution in [2.24, 2.45) is 0 Å². The van der Waals surface area contributed by atoms with Crippen molar-refractivity contribution in [1.82, 2.24) is 5.32 Å². The Morgan fingerprint density at radius 3 is 2.43 bits per heavy atom. The molecule has 0 bridgehead atoms. The van der Waals surface area contributed by atoms with Crippen molar-refractivity contribution in [2.45, 2.75) is 18.9 Å². The third-order valence-corrected chi connectivity index (χ3v) is 4.55. The van der Waals surface area contributed by atoms with Crippen LogP contribution in [-0.4, -0.2) is 45.3 Å². The van der Waals surface area contributed by atoms with Gasteiger partial charge in [-0.15, -0.1) is 0 Å². The Morgan fingerprint density at radius 1 is 1.07 bits per heavy atom. The molecule has 1 heterocycles. The molecule has 2 aromatic rings. The molecule has 1 fully saturated rings. The molecule has 0 radical (unpaired) electrons. The second-order valence-corrected chi connectivity index (χ2v) is 6.45. The van der Waals surface area contributed by atoms with Gasteiger partial charge in [-0.25, -0.2) is 0 Å². The van der Waals surface area contributed by atoms with Gasteiger partial charge in [0.15, 0.2) is 0 Å². The van der Waals surface area contributed by atoms with E-state index in [9.17, 15) is 9.59 Å². The summed E-state index contributed by atoms with van der Waals surface area (Å²) in [7, 11) is 3.04. The maximum Gasteiger partial charge on any atom is 0.255 e. The summed E-state index contributed by atoms with van der Waals surface area (Å²) in [6, 6.07) is 11.8. The lowest BCUT2D eigenvalue weighted by atomic mass is 10.1. The van der Waals surface area contributed by atoms with Crippen molar-refractivity contribution < 1.29 is 23.8 Å². The lowest BCUT2D eigenvalue weighted by Gasteiger charge is -2.14. The smallest absolute Gasteiger partial charge is 0.255 e. The molecule has 0 spiro atoms. The molecule has 1 unspecified atom stereocenters. The van der Waals surface area contributed by atoms with E-state index in [0.29, 0.717) is 34.9 Å². The van der Waals surface area contributed by atoms with E-state index in [2.05, 4.69) is 10.6 Å². The number of hydrogen-bond acceptors (Lipinski definition) is 5. The van der Waals surface area contributed by atoms with Crippen LogP contribution in [0.1, 0.15) is 33.6 Å². The number of rotatable bonds is 7. The summed E-state index contributed by atoms with van der Waals surface area (Å²) in [5.74, 6) is 0.394. The molecule has 3 rings (SSSR count). The Hall–Kier alpha value is -3.06. The van der Waals surface area contributed by atoms with Gasteiger partial charge in [-0.2, -0.15) is 0 Å². The van der Waals surface area contributed by atoms with E-state index in [4.69, 9.17) is 14.2 Å². The van der Waals surface area contributed by atoms with E-state index in [1.807, 2.05) is 0 Å². The van der Waals surface area contributed by atoms with E-state index in [1.165, 1.54) is 14.2 Å². The molecule has 2 amide bonds. The molecule has 1 aliphatic heterocycles. The summed E-state index contributed by atoms with van der Waals surface area (Å²) in [4.78, 5) is 25.3. The van der Waals surface area contributed by atoms with Crippen LogP contribution >= 0.6 is 0 Å². The molecular weight excluding hydrogens is 360 g/mol. The zero-order valence-corrected chi connectivity index (χ0v) is 16.0.